The molecule has 0 aliphatic carbocycles. The number of rotatable bonds is 3. The molecule has 0 fully saturated rings. The smallest absolute Gasteiger partial charge is 0.402 e. The number of nitrogens with one attached hydrogen (secondary N) is 1. The van der Waals surface area contributed by atoms with Gasteiger partial charge in [0.15, 0.2) is 5.75 Å². The van der Waals surface area contributed by atoms with Gasteiger partial charge in [-0.1, -0.05) is 23.2 Å². The van der Waals surface area contributed by atoms with Crippen molar-refractivity contribution in [3.63, 3.8) is 0 Å². The Morgan fingerprint density at radius 2 is 1.79 bits per heavy atom. The minimum Gasteiger partial charge on any atom is -0.402 e. The molecule has 0 spiro atoms. The van der Waals surface area contributed by atoms with Crippen molar-refractivity contribution in [1.82, 2.24) is 10.2 Å². The van der Waals surface area contributed by atoms with Gasteiger partial charge in [-0.2, -0.15) is 5.10 Å². The fourth-order valence-corrected chi connectivity index (χ4v) is 2.12. The lowest BCUT2D eigenvalue weighted by Gasteiger charge is -2.08. The molecule has 0 aliphatic heterocycles. The molecule has 19 heavy (non-hydrogen) atoms. The first-order chi connectivity index (χ1) is 8.83. The maximum Gasteiger partial charge on any atom is 0.573 e. The molecular formula is C11H7Cl2F3N2O. The Labute approximate surface area is 116 Å². The second-order valence-electron chi connectivity index (χ2n) is 3.70. The van der Waals surface area contributed by atoms with E-state index in [4.69, 9.17) is 23.2 Å². The van der Waals surface area contributed by atoms with Crippen LogP contribution in [-0.4, -0.2) is 16.6 Å². The van der Waals surface area contributed by atoms with Gasteiger partial charge in [-0.3, -0.25) is 5.10 Å². The molecule has 8 heteroatoms. The quantitative estimate of drug-likeness (QED) is 0.922. The summed E-state index contributed by atoms with van der Waals surface area (Å²) >= 11 is 11.6. The van der Waals surface area contributed by atoms with Crippen molar-refractivity contribution in [3.05, 3.63) is 45.7 Å². The maximum absolute atomic E-state index is 12.2. The minimum absolute atomic E-state index is 0.120. The number of H-pyrrole nitrogens is 1. The fourth-order valence-electron chi connectivity index (χ4n) is 1.55. The average molecular weight is 311 g/mol. The number of ether oxygens (including phenoxy) is 1. The van der Waals surface area contributed by atoms with Gasteiger partial charge in [0, 0.05) is 16.5 Å². The number of benzene rings is 1. The average Bonchev–Trinajstić information content (AvgIpc) is 2.61. The van der Waals surface area contributed by atoms with Crippen LogP contribution in [-0.2, 0) is 6.42 Å². The van der Waals surface area contributed by atoms with Gasteiger partial charge < -0.3 is 4.74 Å². The molecule has 0 aliphatic rings. The predicted molar refractivity (Wildman–Crippen MR) is 64.5 cm³/mol. The van der Waals surface area contributed by atoms with Crippen LogP contribution in [0.1, 0.15) is 11.3 Å². The number of nitrogens with zero attached hydrogens (tertiary/aromatic N) is 1. The van der Waals surface area contributed by atoms with Gasteiger partial charge in [-0.25, -0.2) is 0 Å². The molecule has 1 N–H and O–H groups in total. The molecule has 0 saturated heterocycles. The van der Waals surface area contributed by atoms with E-state index < -0.39 is 6.36 Å². The second kappa shape index (κ2) is 5.30. The third kappa shape index (κ3) is 4.04. The summed E-state index contributed by atoms with van der Waals surface area (Å²) in [7, 11) is 0. The monoisotopic (exact) mass is 310 g/mol. The van der Waals surface area contributed by atoms with Crippen LogP contribution in [0, 0.1) is 0 Å². The Morgan fingerprint density at radius 1 is 1.16 bits per heavy atom. The Balaban J connectivity index is 2.22. The SMILES string of the molecule is FC(F)(F)Oc1c[nH]nc1Cc1cc(Cl)cc(Cl)c1. The molecule has 0 radical (unpaired) electrons. The van der Waals surface area contributed by atoms with Crippen LogP contribution in [0.2, 0.25) is 10.0 Å². The Morgan fingerprint density at radius 3 is 2.37 bits per heavy atom. The van der Waals surface area contributed by atoms with E-state index in [0.717, 1.165) is 6.20 Å². The van der Waals surface area contributed by atoms with E-state index in [2.05, 4.69) is 14.9 Å². The van der Waals surface area contributed by atoms with Gasteiger partial charge >= 0.3 is 6.36 Å². The van der Waals surface area contributed by atoms with E-state index in [9.17, 15) is 13.2 Å². The maximum atomic E-state index is 12.2. The van der Waals surface area contributed by atoms with E-state index in [1.807, 2.05) is 0 Å². The molecule has 0 saturated carbocycles. The highest BCUT2D eigenvalue weighted by Crippen LogP contribution is 2.27. The predicted octanol–water partition coefficient (Wildman–Crippen LogP) is 4.21. The van der Waals surface area contributed by atoms with E-state index in [0.29, 0.717) is 15.6 Å². The summed E-state index contributed by atoms with van der Waals surface area (Å²) in [6, 6.07) is 4.73. The summed E-state index contributed by atoms with van der Waals surface area (Å²) in [6.07, 6.45) is -3.60. The number of aromatic amines is 1. The summed E-state index contributed by atoms with van der Waals surface area (Å²) in [6.45, 7) is 0. The van der Waals surface area contributed by atoms with Crippen LogP contribution in [0.5, 0.6) is 5.75 Å². The van der Waals surface area contributed by atoms with Crippen LogP contribution in [0.3, 0.4) is 0 Å². The molecule has 2 rings (SSSR count). The van der Waals surface area contributed by atoms with Crippen molar-refractivity contribution in [2.75, 3.05) is 0 Å². The molecule has 1 heterocycles. The highest BCUT2D eigenvalue weighted by molar-refractivity contribution is 6.34. The first kappa shape index (κ1) is 14.0. The molecule has 1 aromatic heterocycles. The number of aromatic nitrogens is 2. The van der Waals surface area contributed by atoms with Crippen molar-refractivity contribution in [1.29, 1.82) is 0 Å². The summed E-state index contributed by atoms with van der Waals surface area (Å²) in [5.74, 6) is -0.372. The van der Waals surface area contributed by atoms with E-state index in [1.165, 1.54) is 6.07 Å². The van der Waals surface area contributed by atoms with Crippen LogP contribution < -0.4 is 4.74 Å². The number of halogens is 5. The van der Waals surface area contributed by atoms with Gasteiger partial charge in [-0.05, 0) is 23.8 Å². The third-order valence-corrected chi connectivity index (χ3v) is 2.64. The van der Waals surface area contributed by atoms with E-state index in [1.54, 1.807) is 12.1 Å². The lowest BCUT2D eigenvalue weighted by molar-refractivity contribution is -0.274. The molecular weight excluding hydrogens is 304 g/mol. The summed E-state index contributed by atoms with van der Waals surface area (Å²) in [5, 5.41) is 6.85. The van der Waals surface area contributed by atoms with Crippen LogP contribution in [0.4, 0.5) is 13.2 Å². The lowest BCUT2D eigenvalue weighted by atomic mass is 10.1. The van der Waals surface area contributed by atoms with Crippen molar-refractivity contribution in [3.8, 4) is 5.75 Å². The molecule has 0 bridgehead atoms. The fraction of sp³-hybridized carbons (Fsp3) is 0.182. The Kier molecular flexibility index (Phi) is 3.91. The van der Waals surface area contributed by atoms with Gasteiger partial charge in [0.05, 0.1) is 6.20 Å². The number of hydrogen-bond donors (Lipinski definition) is 1. The zero-order valence-electron chi connectivity index (χ0n) is 9.26. The van der Waals surface area contributed by atoms with Crippen molar-refractivity contribution >= 4 is 23.2 Å². The molecule has 3 nitrogen and oxygen atoms in total. The summed E-state index contributed by atoms with van der Waals surface area (Å²) in [4.78, 5) is 0. The van der Waals surface area contributed by atoms with Gasteiger partial charge in [0.25, 0.3) is 0 Å². The second-order valence-corrected chi connectivity index (χ2v) is 4.57. The van der Waals surface area contributed by atoms with Crippen LogP contribution in [0.15, 0.2) is 24.4 Å². The van der Waals surface area contributed by atoms with Crippen molar-refractivity contribution in [2.24, 2.45) is 0 Å². The number of hydrogen-bond acceptors (Lipinski definition) is 2. The van der Waals surface area contributed by atoms with E-state index >= 15 is 0 Å². The van der Waals surface area contributed by atoms with Gasteiger partial charge in [0.1, 0.15) is 5.69 Å². The first-order valence-electron chi connectivity index (χ1n) is 5.07. The number of alkyl halides is 3. The Hall–Kier alpha value is -1.40. The zero-order chi connectivity index (χ0) is 14.0. The zero-order valence-corrected chi connectivity index (χ0v) is 10.8. The summed E-state index contributed by atoms with van der Waals surface area (Å²) in [5.41, 5.74) is 0.757. The third-order valence-electron chi connectivity index (χ3n) is 2.20. The first-order valence-corrected chi connectivity index (χ1v) is 5.82. The molecule has 0 atom stereocenters. The normalized spacial score (nSPS) is 11.6. The Bertz CT molecular complexity index is 563. The topological polar surface area (TPSA) is 37.9 Å². The molecule has 0 unspecified atom stereocenters. The van der Waals surface area contributed by atoms with Crippen LogP contribution >= 0.6 is 23.2 Å². The molecule has 2 aromatic rings. The van der Waals surface area contributed by atoms with Gasteiger partial charge in [-0.15, -0.1) is 13.2 Å². The standard InChI is InChI=1S/C11H7Cl2F3N2O/c12-7-1-6(2-8(13)4-7)3-9-10(5-17-18-9)19-11(14,15)16/h1-2,4-5H,3H2,(H,17,18). The summed E-state index contributed by atoms with van der Waals surface area (Å²) < 4.78 is 40.3. The minimum atomic E-state index is -4.76. The van der Waals surface area contributed by atoms with E-state index in [-0.39, 0.29) is 17.9 Å². The highest BCUT2D eigenvalue weighted by atomic mass is 35.5. The molecule has 102 valence electrons. The molecule has 1 aromatic carbocycles. The largest absolute Gasteiger partial charge is 0.573 e. The van der Waals surface area contributed by atoms with Crippen molar-refractivity contribution < 1.29 is 17.9 Å². The van der Waals surface area contributed by atoms with Crippen molar-refractivity contribution in [2.45, 2.75) is 12.8 Å². The highest BCUT2D eigenvalue weighted by Gasteiger charge is 2.32. The van der Waals surface area contributed by atoms with Crippen LogP contribution in [0.25, 0.3) is 0 Å². The van der Waals surface area contributed by atoms with Gasteiger partial charge in [0.2, 0.25) is 0 Å². The lowest BCUT2D eigenvalue weighted by Crippen LogP contribution is -2.17. The molecule has 0 amide bonds.